The molecule has 0 saturated heterocycles. The molecule has 0 saturated carbocycles. The van der Waals surface area contributed by atoms with Gasteiger partial charge in [-0.25, -0.2) is 4.68 Å². The van der Waals surface area contributed by atoms with Gasteiger partial charge in [0.1, 0.15) is 12.4 Å². The predicted octanol–water partition coefficient (Wildman–Crippen LogP) is 6.62. The molecule has 5 rings (SSSR count). The number of aromatic nitrogens is 3. The molecule has 0 unspecified atom stereocenters. The van der Waals surface area contributed by atoms with Crippen molar-refractivity contribution < 1.29 is 9.53 Å². The summed E-state index contributed by atoms with van der Waals surface area (Å²) in [4.78, 5) is 16.9. The third kappa shape index (κ3) is 4.38. The van der Waals surface area contributed by atoms with Gasteiger partial charge in [-0.15, -0.1) is 0 Å². The lowest BCUT2D eigenvalue weighted by atomic mass is 9.74. The third-order valence-corrected chi connectivity index (χ3v) is 9.47. The first-order valence-corrected chi connectivity index (χ1v) is 17.1. The van der Waals surface area contributed by atoms with Gasteiger partial charge >= 0.3 is 0 Å². The number of aryl methyl sites for hydroxylation is 2. The SMILES string of the molecule is CCCC1(CCC)C(=O)Nc2cc3c4c([nH]c3cc21)-c1nn(COCC[Si](C)(C)C)cc1CCC4. The van der Waals surface area contributed by atoms with Crippen molar-refractivity contribution in [3.8, 4) is 11.4 Å². The highest BCUT2D eigenvalue weighted by Gasteiger charge is 2.45. The Labute approximate surface area is 209 Å². The fraction of sp³-hybridized carbons (Fsp3) is 0.571. The zero-order chi connectivity index (χ0) is 24.8. The highest BCUT2D eigenvalue weighted by Crippen LogP contribution is 2.47. The van der Waals surface area contributed by atoms with E-state index in [0.29, 0.717) is 6.73 Å². The maximum absolute atomic E-state index is 13.2. The summed E-state index contributed by atoms with van der Waals surface area (Å²) < 4.78 is 7.93. The van der Waals surface area contributed by atoms with E-state index < -0.39 is 13.5 Å². The van der Waals surface area contributed by atoms with E-state index in [1.54, 1.807) is 0 Å². The van der Waals surface area contributed by atoms with Crippen LogP contribution >= 0.6 is 0 Å². The highest BCUT2D eigenvalue weighted by atomic mass is 28.3. The molecule has 0 spiro atoms. The summed E-state index contributed by atoms with van der Waals surface area (Å²) in [7, 11) is -1.10. The number of rotatable bonds is 9. The standard InChI is InChI=1S/C28H40N4O2Si/c1-6-11-28(12-7-2)22-16-23-21(15-24(22)30-27(28)33)20-10-8-9-19-17-32(31-25(19)26(20)29-23)18-34-13-14-35(3,4)5/h15-17,29H,6-14,18H2,1-5H3,(H,30,33). The molecule has 2 aliphatic rings. The van der Waals surface area contributed by atoms with E-state index in [9.17, 15) is 4.79 Å². The van der Waals surface area contributed by atoms with E-state index in [4.69, 9.17) is 9.84 Å². The molecule has 2 aromatic heterocycles. The summed E-state index contributed by atoms with van der Waals surface area (Å²) in [5, 5.41) is 9.42. The summed E-state index contributed by atoms with van der Waals surface area (Å²) in [5.74, 6) is 0.171. The van der Waals surface area contributed by atoms with Gasteiger partial charge in [0.15, 0.2) is 0 Å². The molecule has 1 aliphatic heterocycles. The van der Waals surface area contributed by atoms with E-state index in [1.165, 1.54) is 22.6 Å². The van der Waals surface area contributed by atoms with Gasteiger partial charge in [0.05, 0.1) is 11.1 Å². The molecule has 0 fully saturated rings. The fourth-order valence-corrected chi connectivity index (χ4v) is 6.77. The summed E-state index contributed by atoms with van der Waals surface area (Å²) in [5.41, 5.74) is 7.68. The van der Waals surface area contributed by atoms with Crippen molar-refractivity contribution in [2.45, 2.75) is 96.6 Å². The number of fused-ring (bicyclic) bond motifs is 6. The Kier molecular flexibility index (Phi) is 6.42. The average molecular weight is 493 g/mol. The number of amides is 1. The minimum absolute atomic E-state index is 0.171. The van der Waals surface area contributed by atoms with Crippen molar-refractivity contribution in [2.24, 2.45) is 0 Å². The molecule has 0 atom stereocenters. The van der Waals surface area contributed by atoms with Crippen LogP contribution in [0.4, 0.5) is 5.69 Å². The second-order valence-electron chi connectivity index (χ2n) is 11.7. The lowest BCUT2D eigenvalue weighted by Gasteiger charge is -2.26. The van der Waals surface area contributed by atoms with E-state index in [1.807, 2.05) is 4.68 Å². The first-order chi connectivity index (χ1) is 16.8. The molecule has 2 N–H and O–H groups in total. The topological polar surface area (TPSA) is 71.9 Å². The number of anilines is 1. The van der Waals surface area contributed by atoms with Crippen LogP contribution < -0.4 is 5.32 Å². The zero-order valence-electron chi connectivity index (χ0n) is 22.0. The molecule has 188 valence electrons. The Morgan fingerprint density at radius 3 is 2.63 bits per heavy atom. The van der Waals surface area contributed by atoms with Gasteiger partial charge in [-0.1, -0.05) is 46.3 Å². The highest BCUT2D eigenvalue weighted by molar-refractivity contribution is 6.76. The normalized spacial score (nSPS) is 16.7. The van der Waals surface area contributed by atoms with Crippen molar-refractivity contribution >= 4 is 30.6 Å². The largest absolute Gasteiger partial charge is 0.360 e. The Balaban J connectivity index is 1.50. The predicted molar refractivity (Wildman–Crippen MR) is 146 cm³/mol. The van der Waals surface area contributed by atoms with Gasteiger partial charge in [0, 0.05) is 37.5 Å². The average Bonchev–Trinajstić information content (AvgIpc) is 3.40. The van der Waals surface area contributed by atoms with Gasteiger partial charge in [-0.2, -0.15) is 5.10 Å². The van der Waals surface area contributed by atoms with Gasteiger partial charge in [-0.3, -0.25) is 4.79 Å². The minimum atomic E-state index is -1.10. The number of carbonyl (C=O) groups is 1. The Morgan fingerprint density at radius 2 is 1.91 bits per heavy atom. The monoisotopic (exact) mass is 492 g/mol. The van der Waals surface area contributed by atoms with Crippen molar-refractivity contribution in [3.63, 3.8) is 0 Å². The van der Waals surface area contributed by atoms with Crippen molar-refractivity contribution in [3.05, 3.63) is 35.0 Å². The second-order valence-corrected chi connectivity index (χ2v) is 17.3. The van der Waals surface area contributed by atoms with Crippen LogP contribution in [0.3, 0.4) is 0 Å². The first kappa shape index (κ1) is 24.3. The van der Waals surface area contributed by atoms with Crippen LogP contribution in [0.2, 0.25) is 25.7 Å². The third-order valence-electron chi connectivity index (χ3n) is 7.76. The summed E-state index contributed by atoms with van der Waals surface area (Å²) in [6, 6.07) is 5.63. The van der Waals surface area contributed by atoms with Gasteiger partial charge in [0.25, 0.3) is 0 Å². The van der Waals surface area contributed by atoms with Crippen LogP contribution in [-0.4, -0.2) is 35.4 Å². The maximum atomic E-state index is 13.2. The van der Waals surface area contributed by atoms with Gasteiger partial charge in [0.2, 0.25) is 5.91 Å². The van der Waals surface area contributed by atoms with Crippen LogP contribution in [-0.2, 0) is 34.5 Å². The number of H-pyrrole nitrogens is 1. The Morgan fingerprint density at radius 1 is 1.14 bits per heavy atom. The quantitative estimate of drug-likeness (QED) is 0.260. The van der Waals surface area contributed by atoms with Crippen LogP contribution in [0, 0.1) is 0 Å². The number of ether oxygens (including phenoxy) is 1. The van der Waals surface area contributed by atoms with Gasteiger partial charge in [-0.05, 0) is 67.0 Å². The van der Waals surface area contributed by atoms with Crippen molar-refractivity contribution in [1.29, 1.82) is 0 Å². The molecule has 1 aliphatic carbocycles. The first-order valence-electron chi connectivity index (χ1n) is 13.4. The molecule has 7 heteroatoms. The summed E-state index contributed by atoms with van der Waals surface area (Å²) in [6.45, 7) is 12.8. The number of carbonyl (C=O) groups excluding carboxylic acids is 1. The number of nitrogens with zero attached hydrogens (tertiary/aromatic N) is 2. The molecule has 0 radical (unpaired) electrons. The van der Waals surface area contributed by atoms with Crippen LogP contribution in [0.25, 0.3) is 22.3 Å². The molecule has 3 heterocycles. The van der Waals surface area contributed by atoms with E-state index in [2.05, 4.69) is 62.1 Å². The smallest absolute Gasteiger partial charge is 0.235 e. The summed E-state index contributed by atoms with van der Waals surface area (Å²) in [6.07, 6.45) is 9.05. The molecule has 1 aromatic carbocycles. The maximum Gasteiger partial charge on any atom is 0.235 e. The van der Waals surface area contributed by atoms with Crippen molar-refractivity contribution in [1.82, 2.24) is 14.8 Å². The lowest BCUT2D eigenvalue weighted by molar-refractivity contribution is -0.121. The van der Waals surface area contributed by atoms with Crippen LogP contribution in [0.5, 0.6) is 0 Å². The number of hydrogen-bond donors (Lipinski definition) is 2. The number of aromatic amines is 1. The molecule has 1 amide bonds. The zero-order valence-corrected chi connectivity index (χ0v) is 23.0. The molecule has 3 aromatic rings. The Bertz CT molecular complexity index is 1240. The molecule has 0 bridgehead atoms. The minimum Gasteiger partial charge on any atom is -0.360 e. The van der Waals surface area contributed by atoms with Crippen molar-refractivity contribution in [2.75, 3.05) is 11.9 Å². The summed E-state index contributed by atoms with van der Waals surface area (Å²) >= 11 is 0. The van der Waals surface area contributed by atoms with Crippen LogP contribution in [0.1, 0.15) is 62.6 Å². The molecule has 35 heavy (non-hydrogen) atoms. The van der Waals surface area contributed by atoms with E-state index in [0.717, 1.165) is 79.7 Å². The van der Waals surface area contributed by atoms with Gasteiger partial charge < -0.3 is 15.0 Å². The number of nitrogens with one attached hydrogen (secondary N) is 2. The lowest BCUT2D eigenvalue weighted by Crippen LogP contribution is -2.34. The molecular formula is C28H40N4O2Si. The van der Waals surface area contributed by atoms with E-state index >= 15 is 0 Å². The fourth-order valence-electron chi connectivity index (χ4n) is 6.01. The molecule has 6 nitrogen and oxygen atoms in total. The number of hydrogen-bond acceptors (Lipinski definition) is 3. The van der Waals surface area contributed by atoms with Crippen LogP contribution in [0.15, 0.2) is 18.3 Å². The molecular weight excluding hydrogens is 452 g/mol. The van der Waals surface area contributed by atoms with E-state index in [-0.39, 0.29) is 5.91 Å². The number of benzene rings is 1. The Hall–Kier alpha value is -2.38. The second kappa shape index (κ2) is 9.25.